The van der Waals surface area contributed by atoms with Crippen molar-refractivity contribution in [3.8, 4) is 0 Å². The predicted molar refractivity (Wildman–Crippen MR) is 85.3 cm³/mol. The van der Waals surface area contributed by atoms with Crippen LogP contribution in [0.15, 0.2) is 35.3 Å². The second kappa shape index (κ2) is 9.69. The summed E-state index contributed by atoms with van der Waals surface area (Å²) in [6, 6.07) is 9.45. The number of amides is 1. The van der Waals surface area contributed by atoms with E-state index in [9.17, 15) is 4.79 Å². The van der Waals surface area contributed by atoms with Crippen LogP contribution >= 0.6 is 24.0 Å². The van der Waals surface area contributed by atoms with Gasteiger partial charge in [-0.05, 0) is 18.6 Å². The first-order valence-electron chi connectivity index (χ1n) is 5.61. The van der Waals surface area contributed by atoms with Crippen LogP contribution in [0.5, 0.6) is 0 Å². The Balaban J connectivity index is 0.00000289. The van der Waals surface area contributed by atoms with E-state index in [1.807, 2.05) is 37.3 Å². The fourth-order valence-electron chi connectivity index (χ4n) is 1.19. The Hall–Kier alpha value is -1.31. The van der Waals surface area contributed by atoms with Gasteiger partial charge in [0.2, 0.25) is 5.91 Å². The zero-order valence-corrected chi connectivity index (χ0v) is 12.7. The van der Waals surface area contributed by atoms with Gasteiger partial charge in [-0.15, -0.1) is 24.0 Å². The van der Waals surface area contributed by atoms with Gasteiger partial charge in [-0.1, -0.05) is 25.1 Å². The molecule has 5 nitrogen and oxygen atoms in total. The highest BCUT2D eigenvalue weighted by molar-refractivity contribution is 14.0. The second-order valence-corrected chi connectivity index (χ2v) is 3.54. The standard InChI is InChI=1S/C12H18N4O.HI/c1-2-8-14-11(17)9-15-12(13)16-10-6-4-3-5-7-10;/h3-7H,2,8-9H2,1H3,(H,14,17)(H3,13,15,16);1H. The number of benzene rings is 1. The van der Waals surface area contributed by atoms with Gasteiger partial charge in [0.05, 0.1) is 0 Å². The number of rotatable bonds is 5. The molecule has 100 valence electrons. The van der Waals surface area contributed by atoms with Crippen LogP contribution < -0.4 is 16.4 Å². The van der Waals surface area contributed by atoms with E-state index >= 15 is 0 Å². The number of hydrogen-bond donors (Lipinski definition) is 3. The van der Waals surface area contributed by atoms with Crippen LogP contribution in [-0.2, 0) is 4.79 Å². The third-order valence-corrected chi connectivity index (χ3v) is 2.01. The van der Waals surface area contributed by atoms with E-state index in [0.29, 0.717) is 6.54 Å². The third-order valence-electron chi connectivity index (χ3n) is 2.01. The number of halogens is 1. The smallest absolute Gasteiger partial charge is 0.241 e. The first kappa shape index (κ1) is 16.7. The minimum Gasteiger partial charge on any atom is -0.370 e. The first-order chi connectivity index (χ1) is 8.22. The molecule has 0 unspecified atom stereocenters. The summed E-state index contributed by atoms with van der Waals surface area (Å²) in [6.07, 6.45) is 0.910. The number of nitrogens with zero attached hydrogens (tertiary/aromatic N) is 1. The average molecular weight is 362 g/mol. The zero-order valence-electron chi connectivity index (χ0n) is 10.3. The van der Waals surface area contributed by atoms with Crippen molar-refractivity contribution in [1.29, 1.82) is 0 Å². The van der Waals surface area contributed by atoms with Crippen LogP contribution in [0, 0.1) is 0 Å². The summed E-state index contributed by atoms with van der Waals surface area (Å²) in [4.78, 5) is 15.2. The number of hydrogen-bond acceptors (Lipinski definition) is 2. The van der Waals surface area contributed by atoms with Crippen molar-refractivity contribution in [2.45, 2.75) is 13.3 Å². The number of para-hydroxylation sites is 1. The molecule has 1 rings (SSSR count). The fraction of sp³-hybridized carbons (Fsp3) is 0.333. The molecule has 18 heavy (non-hydrogen) atoms. The van der Waals surface area contributed by atoms with E-state index in [0.717, 1.165) is 12.1 Å². The fourth-order valence-corrected chi connectivity index (χ4v) is 1.19. The summed E-state index contributed by atoms with van der Waals surface area (Å²) in [6.45, 7) is 2.71. The summed E-state index contributed by atoms with van der Waals surface area (Å²) in [5.74, 6) is 0.118. The molecule has 1 aromatic carbocycles. The van der Waals surface area contributed by atoms with Crippen molar-refractivity contribution in [3.63, 3.8) is 0 Å². The van der Waals surface area contributed by atoms with Crippen molar-refractivity contribution in [1.82, 2.24) is 5.32 Å². The molecule has 0 aliphatic heterocycles. The molecule has 4 N–H and O–H groups in total. The molecule has 0 spiro atoms. The van der Waals surface area contributed by atoms with E-state index in [2.05, 4.69) is 15.6 Å². The summed E-state index contributed by atoms with van der Waals surface area (Å²) < 4.78 is 0. The monoisotopic (exact) mass is 362 g/mol. The Kier molecular flexibility index (Phi) is 8.99. The molecule has 0 aromatic heterocycles. The molecule has 0 bridgehead atoms. The molecular weight excluding hydrogens is 343 g/mol. The maximum Gasteiger partial charge on any atom is 0.241 e. The molecular formula is C12H19IN4O. The van der Waals surface area contributed by atoms with Gasteiger partial charge in [-0.25, -0.2) is 4.99 Å². The molecule has 0 aliphatic carbocycles. The molecule has 0 saturated carbocycles. The highest BCUT2D eigenvalue weighted by Crippen LogP contribution is 2.03. The van der Waals surface area contributed by atoms with Crippen LogP contribution in [0.1, 0.15) is 13.3 Å². The molecule has 0 radical (unpaired) electrons. The number of anilines is 1. The van der Waals surface area contributed by atoms with Crippen LogP contribution in [-0.4, -0.2) is 25.0 Å². The maximum absolute atomic E-state index is 11.3. The van der Waals surface area contributed by atoms with Gasteiger partial charge in [0.25, 0.3) is 0 Å². The third kappa shape index (κ3) is 7.10. The van der Waals surface area contributed by atoms with Gasteiger partial charge < -0.3 is 16.4 Å². The van der Waals surface area contributed by atoms with Crippen LogP contribution in [0.3, 0.4) is 0 Å². The van der Waals surface area contributed by atoms with E-state index < -0.39 is 0 Å². The predicted octanol–water partition coefficient (Wildman–Crippen LogP) is 1.56. The van der Waals surface area contributed by atoms with Crippen molar-refractivity contribution < 1.29 is 4.79 Å². The number of aliphatic imine (C=N–C) groups is 1. The largest absolute Gasteiger partial charge is 0.370 e. The normalized spacial score (nSPS) is 10.4. The quantitative estimate of drug-likeness (QED) is 0.423. The Morgan fingerprint density at radius 2 is 2.00 bits per heavy atom. The Morgan fingerprint density at radius 3 is 2.61 bits per heavy atom. The topological polar surface area (TPSA) is 79.5 Å². The van der Waals surface area contributed by atoms with Crippen LogP contribution in [0.2, 0.25) is 0 Å². The maximum atomic E-state index is 11.3. The summed E-state index contributed by atoms with van der Waals surface area (Å²) in [7, 11) is 0. The minimum absolute atomic E-state index is 0. The zero-order chi connectivity index (χ0) is 12.5. The Labute approximate surface area is 124 Å². The minimum atomic E-state index is -0.121. The molecule has 0 atom stereocenters. The highest BCUT2D eigenvalue weighted by Gasteiger charge is 1.99. The van der Waals surface area contributed by atoms with Crippen molar-refractivity contribution in [3.05, 3.63) is 30.3 Å². The Morgan fingerprint density at radius 1 is 1.33 bits per heavy atom. The van der Waals surface area contributed by atoms with Crippen LogP contribution in [0.4, 0.5) is 5.69 Å². The summed E-state index contributed by atoms with van der Waals surface area (Å²) in [5.41, 5.74) is 6.49. The Bertz CT molecular complexity index is 381. The molecule has 0 fully saturated rings. The number of carbonyl (C=O) groups is 1. The first-order valence-corrected chi connectivity index (χ1v) is 5.61. The number of nitrogens with one attached hydrogen (secondary N) is 2. The lowest BCUT2D eigenvalue weighted by Crippen LogP contribution is -2.29. The lowest BCUT2D eigenvalue weighted by atomic mass is 10.3. The van der Waals surface area contributed by atoms with E-state index in [1.165, 1.54) is 0 Å². The van der Waals surface area contributed by atoms with Gasteiger partial charge in [-0.3, -0.25) is 4.79 Å². The van der Waals surface area contributed by atoms with Crippen molar-refractivity contribution in [2.24, 2.45) is 10.7 Å². The van der Waals surface area contributed by atoms with E-state index in [1.54, 1.807) is 0 Å². The molecule has 6 heteroatoms. The van der Waals surface area contributed by atoms with E-state index in [-0.39, 0.29) is 42.4 Å². The summed E-state index contributed by atoms with van der Waals surface area (Å²) >= 11 is 0. The second-order valence-electron chi connectivity index (χ2n) is 3.54. The van der Waals surface area contributed by atoms with Gasteiger partial charge in [0.1, 0.15) is 6.54 Å². The van der Waals surface area contributed by atoms with Gasteiger partial charge in [-0.2, -0.15) is 0 Å². The van der Waals surface area contributed by atoms with E-state index in [4.69, 9.17) is 5.73 Å². The van der Waals surface area contributed by atoms with Gasteiger partial charge in [0.15, 0.2) is 5.96 Å². The van der Waals surface area contributed by atoms with Gasteiger partial charge in [0, 0.05) is 12.2 Å². The number of nitrogens with two attached hydrogens (primary N) is 1. The molecule has 0 saturated heterocycles. The van der Waals surface area contributed by atoms with Crippen molar-refractivity contribution in [2.75, 3.05) is 18.4 Å². The van der Waals surface area contributed by atoms with Crippen molar-refractivity contribution >= 4 is 41.5 Å². The number of carbonyl (C=O) groups excluding carboxylic acids is 1. The molecule has 1 amide bonds. The highest BCUT2D eigenvalue weighted by atomic mass is 127. The van der Waals surface area contributed by atoms with Gasteiger partial charge >= 0.3 is 0 Å². The molecule has 0 aliphatic rings. The average Bonchev–Trinajstić information content (AvgIpc) is 2.35. The lowest BCUT2D eigenvalue weighted by Gasteiger charge is -2.05. The molecule has 1 aromatic rings. The van der Waals surface area contributed by atoms with Crippen LogP contribution in [0.25, 0.3) is 0 Å². The summed E-state index contributed by atoms with van der Waals surface area (Å²) in [5, 5.41) is 5.62. The lowest BCUT2D eigenvalue weighted by molar-refractivity contribution is -0.119. The number of guanidine groups is 1. The SMILES string of the molecule is CCCNC(=O)CN=C(N)Nc1ccccc1.I. The molecule has 0 heterocycles.